The van der Waals surface area contributed by atoms with Gasteiger partial charge in [-0.3, -0.25) is 0 Å². The molecular formula is C50H32N4S. The van der Waals surface area contributed by atoms with E-state index in [1.165, 1.54) is 19.6 Å². The molecule has 2 aromatic heterocycles. The first-order valence-electron chi connectivity index (χ1n) is 18.2. The van der Waals surface area contributed by atoms with Crippen LogP contribution in [0.3, 0.4) is 0 Å². The van der Waals surface area contributed by atoms with Crippen molar-refractivity contribution in [2.75, 3.05) is 0 Å². The van der Waals surface area contributed by atoms with Gasteiger partial charge in [0.05, 0.1) is 45.0 Å². The molecule has 0 aliphatic rings. The quantitative estimate of drug-likeness (QED) is 0.172. The smallest absolute Gasteiger partial charge is 0.101 e. The minimum Gasteiger partial charge on any atom is -0.309 e. The Bertz CT molecular complexity index is 3070. The normalized spacial score (nSPS) is 11.9. The predicted octanol–water partition coefficient (Wildman–Crippen LogP) is 13.0. The van der Waals surface area contributed by atoms with Crippen LogP contribution in [-0.4, -0.2) is 9.13 Å². The van der Waals surface area contributed by atoms with Gasteiger partial charge in [-0.1, -0.05) is 97.1 Å². The van der Waals surface area contributed by atoms with E-state index in [0.29, 0.717) is 11.1 Å². The number of fused-ring (bicyclic) bond motifs is 6. The van der Waals surface area contributed by atoms with Gasteiger partial charge in [0, 0.05) is 46.8 Å². The molecule has 0 radical (unpaired) electrons. The highest BCUT2D eigenvalue weighted by molar-refractivity contribution is 8.34. The fourth-order valence-corrected chi connectivity index (χ4v) is 12.3. The van der Waals surface area contributed by atoms with Crippen molar-refractivity contribution < 1.29 is 0 Å². The SMILES string of the molecule is N#Cc1ccc2c(c1)c1ccccc1n2-c1c(C#N)ccc2c1c1ccccc1n2-c1cccc(S(c2ccccc2)(c2ccccc2)c2ccccc2)c1. The molecule has 10 rings (SSSR count). The maximum Gasteiger partial charge on any atom is 0.101 e. The van der Waals surface area contributed by atoms with Crippen LogP contribution in [0.1, 0.15) is 11.1 Å². The first kappa shape index (κ1) is 32.3. The van der Waals surface area contributed by atoms with Crippen LogP contribution in [-0.2, 0) is 0 Å². The van der Waals surface area contributed by atoms with Crippen LogP contribution in [0.15, 0.2) is 214 Å². The minimum absolute atomic E-state index is 0.580. The summed E-state index contributed by atoms with van der Waals surface area (Å²) in [6.45, 7) is 0. The van der Waals surface area contributed by atoms with Crippen LogP contribution >= 0.6 is 10.0 Å². The molecule has 258 valence electrons. The largest absolute Gasteiger partial charge is 0.309 e. The summed E-state index contributed by atoms with van der Waals surface area (Å²) in [5, 5.41) is 24.6. The average Bonchev–Trinajstić information content (AvgIpc) is 3.77. The Balaban J connectivity index is 1.31. The maximum absolute atomic E-state index is 10.7. The third-order valence-electron chi connectivity index (χ3n) is 10.7. The van der Waals surface area contributed by atoms with Crippen LogP contribution in [0.2, 0.25) is 0 Å². The van der Waals surface area contributed by atoms with Crippen molar-refractivity contribution in [1.82, 2.24) is 9.13 Å². The molecule has 55 heavy (non-hydrogen) atoms. The van der Waals surface area contributed by atoms with Crippen molar-refractivity contribution in [2.45, 2.75) is 19.6 Å². The third kappa shape index (κ3) is 4.85. The zero-order valence-electron chi connectivity index (χ0n) is 29.7. The van der Waals surface area contributed by atoms with E-state index in [2.05, 4.69) is 179 Å². The zero-order chi connectivity index (χ0) is 36.9. The molecular weight excluding hydrogens is 689 g/mol. The molecule has 0 unspecified atom stereocenters. The highest BCUT2D eigenvalue weighted by Crippen LogP contribution is 2.73. The van der Waals surface area contributed by atoms with Gasteiger partial charge >= 0.3 is 0 Å². The standard InChI is InChI=1S/C50H32N4S/c51-33-35-27-29-47-44(31-35)42-23-10-12-25-45(42)54(47)50-36(34-52)28-30-48-49(50)43-24-11-13-26-46(43)53(48)37-15-14-22-41(32-37)55(38-16-4-1-5-17-38,39-18-6-2-7-19-39)40-20-8-3-9-21-40/h1-32H. The Labute approximate surface area is 320 Å². The lowest BCUT2D eigenvalue weighted by Gasteiger charge is -2.42. The summed E-state index contributed by atoms with van der Waals surface area (Å²) in [6, 6.07) is 73.3. The van der Waals surface area contributed by atoms with Crippen molar-refractivity contribution in [1.29, 1.82) is 10.5 Å². The van der Waals surface area contributed by atoms with Crippen molar-refractivity contribution in [3.8, 4) is 23.5 Å². The van der Waals surface area contributed by atoms with Gasteiger partial charge < -0.3 is 9.13 Å². The van der Waals surface area contributed by atoms with Crippen LogP contribution in [0.25, 0.3) is 55.0 Å². The summed E-state index contributed by atoms with van der Waals surface area (Å²) in [5.74, 6) is 0. The van der Waals surface area contributed by atoms with Crippen molar-refractivity contribution >= 4 is 53.6 Å². The fraction of sp³-hybridized carbons (Fsp3) is 0. The van der Waals surface area contributed by atoms with Crippen LogP contribution in [0.5, 0.6) is 0 Å². The van der Waals surface area contributed by atoms with E-state index < -0.39 is 10.0 Å². The van der Waals surface area contributed by atoms with Gasteiger partial charge in [-0.25, -0.2) is 0 Å². The lowest BCUT2D eigenvalue weighted by atomic mass is 10.1. The summed E-state index contributed by atoms with van der Waals surface area (Å²) in [5.41, 5.74) is 7.05. The topological polar surface area (TPSA) is 57.4 Å². The number of benzene rings is 8. The van der Waals surface area contributed by atoms with E-state index in [1.807, 2.05) is 36.4 Å². The summed E-state index contributed by atoms with van der Waals surface area (Å²) >= 11 is 0. The molecule has 10 aromatic rings. The lowest BCUT2D eigenvalue weighted by Crippen LogP contribution is -2.06. The van der Waals surface area contributed by atoms with Crippen LogP contribution in [0.4, 0.5) is 0 Å². The second-order valence-electron chi connectivity index (χ2n) is 13.6. The first-order chi connectivity index (χ1) is 27.2. The molecule has 0 atom stereocenters. The molecule has 0 spiro atoms. The van der Waals surface area contributed by atoms with E-state index in [0.717, 1.165) is 55.0 Å². The molecule has 4 nitrogen and oxygen atoms in total. The van der Waals surface area contributed by atoms with Crippen molar-refractivity contribution in [2.24, 2.45) is 0 Å². The monoisotopic (exact) mass is 720 g/mol. The van der Waals surface area contributed by atoms with E-state index >= 15 is 0 Å². The Kier molecular flexibility index (Phi) is 7.63. The molecule has 0 bridgehead atoms. The molecule has 0 saturated carbocycles. The molecule has 2 heterocycles. The molecule has 5 heteroatoms. The van der Waals surface area contributed by atoms with Gasteiger partial charge in [0.15, 0.2) is 0 Å². The van der Waals surface area contributed by atoms with Gasteiger partial charge in [0.2, 0.25) is 0 Å². The Hall–Kier alpha value is -7.31. The van der Waals surface area contributed by atoms with Crippen molar-refractivity contribution in [3.05, 3.63) is 205 Å². The summed E-state index contributed by atoms with van der Waals surface area (Å²) in [6.07, 6.45) is 0. The molecule has 0 amide bonds. The number of nitrogens with zero attached hydrogens (tertiary/aromatic N) is 4. The fourth-order valence-electron chi connectivity index (χ4n) is 8.43. The average molecular weight is 721 g/mol. The van der Waals surface area contributed by atoms with E-state index in [4.69, 9.17) is 0 Å². The number of para-hydroxylation sites is 2. The second-order valence-corrected chi connectivity index (χ2v) is 16.7. The highest BCUT2D eigenvalue weighted by atomic mass is 32.3. The molecule has 0 aliphatic carbocycles. The lowest BCUT2D eigenvalue weighted by molar-refractivity contribution is 1.14. The summed E-state index contributed by atoms with van der Waals surface area (Å²) in [7, 11) is -1.92. The second kappa shape index (κ2) is 13.0. The minimum atomic E-state index is -1.92. The highest BCUT2D eigenvalue weighted by Gasteiger charge is 2.33. The van der Waals surface area contributed by atoms with Crippen LogP contribution in [0, 0.1) is 22.7 Å². The first-order valence-corrected chi connectivity index (χ1v) is 19.8. The maximum atomic E-state index is 10.7. The molecule has 8 aromatic carbocycles. The third-order valence-corrected chi connectivity index (χ3v) is 14.6. The number of hydrogen-bond acceptors (Lipinski definition) is 2. The zero-order valence-corrected chi connectivity index (χ0v) is 30.5. The van der Waals surface area contributed by atoms with Gasteiger partial charge in [-0.15, -0.1) is 10.0 Å². The Morgan fingerprint density at radius 1 is 0.382 bits per heavy atom. The number of nitriles is 2. The number of rotatable bonds is 6. The predicted molar refractivity (Wildman–Crippen MR) is 225 cm³/mol. The number of aromatic nitrogens is 2. The summed E-state index contributed by atoms with van der Waals surface area (Å²) in [4.78, 5) is 5.01. The molecule has 0 N–H and O–H groups in total. The molecule has 0 fully saturated rings. The van der Waals surface area contributed by atoms with E-state index in [-0.39, 0.29) is 0 Å². The number of hydrogen-bond donors (Lipinski definition) is 0. The van der Waals surface area contributed by atoms with Crippen molar-refractivity contribution in [3.63, 3.8) is 0 Å². The van der Waals surface area contributed by atoms with Gasteiger partial charge in [-0.2, -0.15) is 10.5 Å². The van der Waals surface area contributed by atoms with Gasteiger partial charge in [-0.05, 0) is 97.1 Å². The van der Waals surface area contributed by atoms with E-state index in [1.54, 1.807) is 0 Å². The Morgan fingerprint density at radius 2 is 0.909 bits per heavy atom. The van der Waals surface area contributed by atoms with Crippen LogP contribution < -0.4 is 0 Å². The van der Waals surface area contributed by atoms with Gasteiger partial charge in [0.25, 0.3) is 0 Å². The van der Waals surface area contributed by atoms with E-state index in [9.17, 15) is 10.5 Å². The Morgan fingerprint density at radius 3 is 1.53 bits per heavy atom. The van der Waals surface area contributed by atoms with Gasteiger partial charge in [0.1, 0.15) is 6.07 Å². The molecule has 0 saturated heterocycles. The molecule has 0 aliphatic heterocycles. The summed E-state index contributed by atoms with van der Waals surface area (Å²) < 4.78 is 4.57.